The molecular formula is C10H12N2O2S. The lowest BCUT2D eigenvalue weighted by atomic mass is 10.3. The van der Waals surface area contributed by atoms with Gasteiger partial charge in [0.1, 0.15) is 4.88 Å². The number of carboxylic acids is 1. The Labute approximate surface area is 91.2 Å². The van der Waals surface area contributed by atoms with Crippen molar-refractivity contribution >= 4 is 22.3 Å². The molecule has 0 radical (unpaired) electrons. The van der Waals surface area contributed by atoms with Crippen molar-refractivity contribution in [2.75, 3.05) is 0 Å². The van der Waals surface area contributed by atoms with Crippen LogP contribution in [0.5, 0.6) is 0 Å². The minimum atomic E-state index is -0.875. The summed E-state index contributed by atoms with van der Waals surface area (Å²) in [5, 5.41) is 8.97. The fraction of sp³-hybridized carbons (Fsp3) is 0.400. The molecule has 0 atom stereocenters. The predicted molar refractivity (Wildman–Crippen MR) is 58.9 cm³/mol. The summed E-state index contributed by atoms with van der Waals surface area (Å²) in [6, 6.07) is 0. The summed E-state index contributed by atoms with van der Waals surface area (Å²) in [6.45, 7) is 5.85. The Morgan fingerprint density at radius 1 is 1.47 bits per heavy atom. The van der Waals surface area contributed by atoms with E-state index < -0.39 is 5.97 Å². The number of fused-ring (bicyclic) bond motifs is 1. The van der Waals surface area contributed by atoms with Crippen molar-refractivity contribution in [1.29, 1.82) is 0 Å². The van der Waals surface area contributed by atoms with Crippen LogP contribution in [0.4, 0.5) is 0 Å². The zero-order valence-electron chi connectivity index (χ0n) is 8.87. The summed E-state index contributed by atoms with van der Waals surface area (Å²) in [6.07, 6.45) is 0.877. The number of aromatic carboxylic acids is 1. The summed E-state index contributed by atoms with van der Waals surface area (Å²) in [5.41, 5.74) is 2.86. The number of nitrogens with zero attached hydrogens (tertiary/aromatic N) is 2. The van der Waals surface area contributed by atoms with E-state index in [4.69, 9.17) is 5.11 Å². The highest BCUT2D eigenvalue weighted by molar-refractivity contribution is 7.19. The third-order valence-corrected chi connectivity index (χ3v) is 3.69. The molecule has 15 heavy (non-hydrogen) atoms. The number of aromatic nitrogens is 2. The smallest absolute Gasteiger partial charge is 0.347 e. The molecule has 1 N–H and O–H groups in total. The first-order valence-corrected chi connectivity index (χ1v) is 5.58. The fourth-order valence-corrected chi connectivity index (χ4v) is 2.81. The summed E-state index contributed by atoms with van der Waals surface area (Å²) in [7, 11) is 0. The third kappa shape index (κ3) is 1.34. The molecule has 0 aromatic carbocycles. The van der Waals surface area contributed by atoms with Crippen molar-refractivity contribution in [3.8, 4) is 0 Å². The molecule has 0 aliphatic carbocycles. The SMILES string of the molecule is CCc1nc2sc(C(=O)O)c(C)n2c1C. The van der Waals surface area contributed by atoms with Gasteiger partial charge in [0.2, 0.25) is 0 Å². The number of imidazole rings is 1. The number of hydrogen-bond acceptors (Lipinski definition) is 3. The van der Waals surface area contributed by atoms with Gasteiger partial charge in [-0.25, -0.2) is 9.78 Å². The van der Waals surface area contributed by atoms with Crippen LogP contribution in [0, 0.1) is 13.8 Å². The average molecular weight is 224 g/mol. The molecule has 2 rings (SSSR count). The van der Waals surface area contributed by atoms with Gasteiger partial charge in [-0.3, -0.25) is 4.40 Å². The van der Waals surface area contributed by atoms with Crippen LogP contribution < -0.4 is 0 Å². The Balaban J connectivity index is 2.76. The van der Waals surface area contributed by atoms with E-state index in [1.165, 1.54) is 11.3 Å². The molecule has 80 valence electrons. The first kappa shape index (κ1) is 10.2. The molecule has 0 bridgehead atoms. The molecule has 2 heterocycles. The highest BCUT2D eigenvalue weighted by Gasteiger charge is 2.18. The monoisotopic (exact) mass is 224 g/mol. The van der Waals surface area contributed by atoms with Gasteiger partial charge in [-0.05, 0) is 20.3 Å². The highest BCUT2D eigenvalue weighted by atomic mass is 32.1. The van der Waals surface area contributed by atoms with E-state index in [9.17, 15) is 4.79 Å². The Hall–Kier alpha value is -1.36. The van der Waals surface area contributed by atoms with Crippen molar-refractivity contribution in [1.82, 2.24) is 9.38 Å². The van der Waals surface area contributed by atoms with Crippen LogP contribution in [-0.4, -0.2) is 20.5 Å². The minimum absolute atomic E-state index is 0.378. The molecule has 0 aliphatic rings. The van der Waals surface area contributed by atoms with E-state index in [-0.39, 0.29) is 0 Å². The normalized spacial score (nSPS) is 11.1. The van der Waals surface area contributed by atoms with Gasteiger partial charge >= 0.3 is 5.97 Å². The molecule has 2 aromatic rings. The molecule has 0 saturated carbocycles. The molecule has 0 amide bonds. The molecule has 0 spiro atoms. The largest absolute Gasteiger partial charge is 0.477 e. The van der Waals surface area contributed by atoms with Crippen LogP contribution in [0.1, 0.15) is 33.7 Å². The molecule has 0 saturated heterocycles. The van der Waals surface area contributed by atoms with Gasteiger partial charge in [0.15, 0.2) is 4.96 Å². The van der Waals surface area contributed by atoms with E-state index in [1.54, 1.807) is 0 Å². The molecule has 0 unspecified atom stereocenters. The summed E-state index contributed by atoms with van der Waals surface area (Å²) in [5.74, 6) is -0.875. The molecule has 4 nitrogen and oxygen atoms in total. The van der Waals surface area contributed by atoms with E-state index in [1.807, 2.05) is 25.2 Å². The highest BCUT2D eigenvalue weighted by Crippen LogP contribution is 2.25. The minimum Gasteiger partial charge on any atom is -0.477 e. The van der Waals surface area contributed by atoms with E-state index in [0.29, 0.717) is 4.88 Å². The van der Waals surface area contributed by atoms with Crippen LogP contribution in [0.2, 0.25) is 0 Å². The molecule has 5 heteroatoms. The van der Waals surface area contributed by atoms with Gasteiger partial charge < -0.3 is 5.11 Å². The van der Waals surface area contributed by atoms with Crippen LogP contribution in [-0.2, 0) is 6.42 Å². The Morgan fingerprint density at radius 2 is 2.13 bits per heavy atom. The summed E-state index contributed by atoms with van der Waals surface area (Å²) in [4.78, 5) is 16.5. The quantitative estimate of drug-likeness (QED) is 0.851. The van der Waals surface area contributed by atoms with Gasteiger partial charge in [-0.15, -0.1) is 0 Å². The van der Waals surface area contributed by atoms with Crippen molar-refractivity contribution in [2.24, 2.45) is 0 Å². The van der Waals surface area contributed by atoms with Crippen LogP contribution in [0.15, 0.2) is 0 Å². The molecular weight excluding hydrogens is 212 g/mol. The van der Waals surface area contributed by atoms with Crippen LogP contribution in [0.25, 0.3) is 4.96 Å². The number of aryl methyl sites for hydroxylation is 3. The number of carbonyl (C=O) groups is 1. The topological polar surface area (TPSA) is 54.6 Å². The lowest BCUT2D eigenvalue weighted by molar-refractivity contribution is 0.0701. The maximum Gasteiger partial charge on any atom is 0.347 e. The maximum atomic E-state index is 10.9. The number of rotatable bonds is 2. The Kier molecular flexibility index (Phi) is 2.26. The van der Waals surface area contributed by atoms with Gasteiger partial charge in [0.25, 0.3) is 0 Å². The summed E-state index contributed by atoms with van der Waals surface area (Å²) >= 11 is 1.23. The Bertz CT molecular complexity index is 539. The van der Waals surface area contributed by atoms with Crippen molar-refractivity contribution in [3.05, 3.63) is 22.0 Å². The van der Waals surface area contributed by atoms with Gasteiger partial charge in [0.05, 0.1) is 5.69 Å². The maximum absolute atomic E-state index is 10.9. The zero-order chi connectivity index (χ0) is 11.2. The van der Waals surface area contributed by atoms with Crippen LogP contribution >= 0.6 is 11.3 Å². The molecule has 0 fully saturated rings. The summed E-state index contributed by atoms with van der Waals surface area (Å²) < 4.78 is 1.92. The van der Waals surface area contributed by atoms with Gasteiger partial charge in [-0.2, -0.15) is 0 Å². The number of thiazole rings is 1. The fourth-order valence-electron chi connectivity index (χ4n) is 1.78. The first-order chi connectivity index (χ1) is 7.06. The molecule has 2 aromatic heterocycles. The standard InChI is InChI=1S/C10H12N2O2S/c1-4-7-5(2)12-6(3)8(9(13)14)15-10(12)11-7/h4H2,1-3H3,(H,13,14). The number of hydrogen-bond donors (Lipinski definition) is 1. The molecule has 0 aliphatic heterocycles. The van der Waals surface area contributed by atoms with Crippen LogP contribution in [0.3, 0.4) is 0 Å². The first-order valence-electron chi connectivity index (χ1n) is 4.76. The van der Waals surface area contributed by atoms with E-state index >= 15 is 0 Å². The number of carboxylic acid groups (broad SMARTS) is 1. The van der Waals surface area contributed by atoms with E-state index in [2.05, 4.69) is 4.98 Å². The second kappa shape index (κ2) is 3.34. The lowest BCUT2D eigenvalue weighted by Crippen LogP contribution is -1.98. The lowest BCUT2D eigenvalue weighted by Gasteiger charge is -1.97. The third-order valence-electron chi connectivity index (χ3n) is 2.56. The van der Waals surface area contributed by atoms with Crippen molar-refractivity contribution in [3.63, 3.8) is 0 Å². The second-order valence-electron chi connectivity index (χ2n) is 3.44. The Morgan fingerprint density at radius 3 is 2.60 bits per heavy atom. The van der Waals surface area contributed by atoms with Crippen molar-refractivity contribution in [2.45, 2.75) is 27.2 Å². The zero-order valence-corrected chi connectivity index (χ0v) is 9.68. The average Bonchev–Trinajstić information content (AvgIpc) is 2.65. The van der Waals surface area contributed by atoms with Gasteiger partial charge in [0, 0.05) is 11.4 Å². The second-order valence-corrected chi connectivity index (χ2v) is 4.41. The van der Waals surface area contributed by atoms with Crippen molar-refractivity contribution < 1.29 is 9.90 Å². The predicted octanol–water partition coefficient (Wildman–Crippen LogP) is 2.27. The van der Waals surface area contributed by atoms with E-state index in [0.717, 1.165) is 28.5 Å². The van der Waals surface area contributed by atoms with Gasteiger partial charge in [-0.1, -0.05) is 18.3 Å².